The first-order chi connectivity index (χ1) is 7.86. The van der Waals surface area contributed by atoms with Crippen LogP contribution in [-0.4, -0.2) is 0 Å². The van der Waals surface area contributed by atoms with Crippen LogP contribution in [0.1, 0.15) is 5.56 Å². The lowest BCUT2D eigenvalue weighted by molar-refractivity contribution is 1.16. The number of hydrogen-bond acceptors (Lipinski definition) is 1. The van der Waals surface area contributed by atoms with Crippen LogP contribution in [0.2, 0.25) is 0 Å². The van der Waals surface area contributed by atoms with E-state index in [1.165, 1.54) is 16.9 Å². The van der Waals surface area contributed by atoms with Crippen LogP contribution in [0.4, 0.5) is 11.4 Å². The summed E-state index contributed by atoms with van der Waals surface area (Å²) in [6.45, 7) is 4.15. The van der Waals surface area contributed by atoms with Gasteiger partial charge < -0.3 is 4.90 Å². The molecule has 0 amide bonds. The fraction of sp³-hybridized carbons (Fsp3) is 0.0667. The third-order valence-electron chi connectivity index (χ3n) is 2.96. The summed E-state index contributed by atoms with van der Waals surface area (Å²) in [5, 5.41) is 0. The molecule has 0 aromatic heterocycles. The Kier molecular flexibility index (Phi) is 2.03. The summed E-state index contributed by atoms with van der Waals surface area (Å²) in [4.78, 5) is 2.23. The molecule has 0 aliphatic carbocycles. The summed E-state index contributed by atoms with van der Waals surface area (Å²) in [6.07, 6.45) is 0.949. The zero-order valence-corrected chi connectivity index (χ0v) is 9.06. The number of benzene rings is 2. The molecule has 1 aliphatic heterocycles. The van der Waals surface area contributed by atoms with Crippen molar-refractivity contribution in [2.45, 2.75) is 6.42 Å². The van der Waals surface area contributed by atoms with Crippen LogP contribution < -0.4 is 4.90 Å². The van der Waals surface area contributed by atoms with Crippen LogP contribution in [0, 0.1) is 0 Å². The third kappa shape index (κ3) is 1.33. The monoisotopic (exact) mass is 207 g/mol. The summed E-state index contributed by atoms with van der Waals surface area (Å²) in [7, 11) is 0. The molecular formula is C15H13N. The van der Waals surface area contributed by atoms with Gasteiger partial charge >= 0.3 is 0 Å². The van der Waals surface area contributed by atoms with Crippen LogP contribution in [0.3, 0.4) is 0 Å². The van der Waals surface area contributed by atoms with Crippen LogP contribution >= 0.6 is 0 Å². The van der Waals surface area contributed by atoms with Crippen molar-refractivity contribution in [1.82, 2.24) is 0 Å². The van der Waals surface area contributed by atoms with E-state index in [1.54, 1.807) is 0 Å². The second-order valence-electron chi connectivity index (χ2n) is 4.04. The Balaban J connectivity index is 2.13. The molecule has 78 valence electrons. The molecule has 0 spiro atoms. The van der Waals surface area contributed by atoms with E-state index >= 15 is 0 Å². The number of anilines is 2. The van der Waals surface area contributed by atoms with Gasteiger partial charge in [0.2, 0.25) is 0 Å². The second-order valence-corrected chi connectivity index (χ2v) is 4.04. The Hall–Kier alpha value is -2.02. The molecule has 1 nitrogen and oxygen atoms in total. The van der Waals surface area contributed by atoms with E-state index in [1.807, 2.05) is 6.07 Å². The smallest absolute Gasteiger partial charge is 0.0494 e. The molecule has 3 rings (SSSR count). The van der Waals surface area contributed by atoms with Crippen molar-refractivity contribution >= 4 is 11.4 Å². The highest BCUT2D eigenvalue weighted by atomic mass is 15.2. The Morgan fingerprint density at radius 3 is 2.38 bits per heavy atom. The predicted octanol–water partition coefficient (Wildman–Crippen LogP) is 3.89. The molecule has 1 aliphatic rings. The molecule has 1 heterocycles. The molecule has 16 heavy (non-hydrogen) atoms. The molecule has 0 saturated heterocycles. The Morgan fingerprint density at radius 1 is 0.875 bits per heavy atom. The van der Waals surface area contributed by atoms with Crippen LogP contribution in [0.5, 0.6) is 0 Å². The van der Waals surface area contributed by atoms with Gasteiger partial charge in [0.15, 0.2) is 0 Å². The number of hydrogen-bond donors (Lipinski definition) is 0. The molecule has 0 unspecified atom stereocenters. The third-order valence-corrected chi connectivity index (χ3v) is 2.96. The highest BCUT2D eigenvalue weighted by Crippen LogP contribution is 2.39. The van der Waals surface area contributed by atoms with Gasteiger partial charge in [0.05, 0.1) is 0 Å². The molecule has 0 bridgehead atoms. The molecule has 0 saturated carbocycles. The van der Waals surface area contributed by atoms with Crippen molar-refractivity contribution in [3.8, 4) is 0 Å². The number of allylic oxidation sites excluding steroid dienone is 1. The average molecular weight is 207 g/mol. The van der Waals surface area contributed by atoms with E-state index in [0.717, 1.165) is 12.1 Å². The first-order valence-electron chi connectivity index (χ1n) is 5.47. The number of nitrogens with zero attached hydrogens (tertiary/aromatic N) is 1. The molecule has 0 fully saturated rings. The molecular weight excluding hydrogens is 194 g/mol. The zero-order chi connectivity index (χ0) is 11.0. The lowest BCUT2D eigenvalue weighted by Crippen LogP contribution is -2.09. The summed E-state index contributed by atoms with van der Waals surface area (Å²) >= 11 is 0. The first kappa shape index (κ1) is 9.22. The number of rotatable bonds is 1. The van der Waals surface area contributed by atoms with E-state index in [-0.39, 0.29) is 0 Å². The largest absolute Gasteiger partial charge is 0.314 e. The van der Waals surface area contributed by atoms with Gasteiger partial charge in [-0.2, -0.15) is 0 Å². The minimum atomic E-state index is 0.949. The van der Waals surface area contributed by atoms with Crippen LogP contribution in [0.25, 0.3) is 0 Å². The van der Waals surface area contributed by atoms with Gasteiger partial charge in [0, 0.05) is 23.5 Å². The topological polar surface area (TPSA) is 3.24 Å². The first-order valence-corrected chi connectivity index (χ1v) is 5.47. The summed E-state index contributed by atoms with van der Waals surface area (Å²) in [6, 6.07) is 18.9. The summed E-state index contributed by atoms with van der Waals surface area (Å²) in [5.74, 6) is 0. The molecule has 0 atom stereocenters. The standard InChI is InChI=1S/C15H13N/c1-12-11-13-7-5-6-10-15(13)16(12)14-8-3-2-4-9-14/h2-10H,1,11H2. The lowest BCUT2D eigenvalue weighted by atomic mass is 10.1. The van der Waals surface area contributed by atoms with Crippen molar-refractivity contribution in [1.29, 1.82) is 0 Å². The molecule has 0 radical (unpaired) electrons. The van der Waals surface area contributed by atoms with Crippen LogP contribution in [-0.2, 0) is 6.42 Å². The van der Waals surface area contributed by atoms with E-state index in [0.29, 0.717) is 0 Å². The zero-order valence-electron chi connectivity index (χ0n) is 9.06. The predicted molar refractivity (Wildman–Crippen MR) is 67.9 cm³/mol. The van der Waals surface area contributed by atoms with Crippen molar-refractivity contribution < 1.29 is 0 Å². The van der Waals surface area contributed by atoms with E-state index in [9.17, 15) is 0 Å². The van der Waals surface area contributed by atoms with E-state index < -0.39 is 0 Å². The number of fused-ring (bicyclic) bond motifs is 1. The normalized spacial score (nSPS) is 14.0. The molecule has 2 aromatic carbocycles. The maximum atomic E-state index is 4.15. The molecule has 2 aromatic rings. The minimum Gasteiger partial charge on any atom is -0.314 e. The van der Waals surface area contributed by atoms with Crippen molar-refractivity contribution in [3.63, 3.8) is 0 Å². The van der Waals surface area contributed by atoms with E-state index in [4.69, 9.17) is 0 Å². The van der Waals surface area contributed by atoms with Gasteiger partial charge in [0.25, 0.3) is 0 Å². The minimum absolute atomic E-state index is 0.949. The molecule has 1 heteroatoms. The Labute approximate surface area is 95.6 Å². The quantitative estimate of drug-likeness (QED) is 0.685. The van der Waals surface area contributed by atoms with Gasteiger partial charge in [-0.05, 0) is 23.8 Å². The van der Waals surface area contributed by atoms with Crippen LogP contribution in [0.15, 0.2) is 66.9 Å². The molecule has 0 N–H and O–H groups in total. The summed E-state index contributed by atoms with van der Waals surface area (Å²) < 4.78 is 0. The SMILES string of the molecule is C=C1Cc2ccccc2N1c1ccccc1. The van der Waals surface area contributed by atoms with Crippen molar-refractivity contribution in [3.05, 3.63) is 72.4 Å². The van der Waals surface area contributed by atoms with Gasteiger partial charge in [-0.3, -0.25) is 0 Å². The fourth-order valence-corrected chi connectivity index (χ4v) is 2.25. The van der Waals surface area contributed by atoms with Crippen molar-refractivity contribution in [2.75, 3.05) is 4.90 Å². The Bertz CT molecular complexity index is 528. The van der Waals surface area contributed by atoms with Gasteiger partial charge in [-0.25, -0.2) is 0 Å². The maximum Gasteiger partial charge on any atom is 0.0494 e. The average Bonchev–Trinajstić information content (AvgIpc) is 2.66. The Morgan fingerprint density at radius 2 is 1.56 bits per heavy atom. The van der Waals surface area contributed by atoms with Crippen molar-refractivity contribution in [2.24, 2.45) is 0 Å². The number of para-hydroxylation sites is 2. The maximum absolute atomic E-state index is 4.15. The highest BCUT2D eigenvalue weighted by molar-refractivity contribution is 5.75. The second kappa shape index (κ2) is 3.53. The lowest BCUT2D eigenvalue weighted by Gasteiger charge is -2.20. The summed E-state index contributed by atoms with van der Waals surface area (Å²) in [5.41, 5.74) is 4.96. The van der Waals surface area contributed by atoms with Gasteiger partial charge in [-0.1, -0.05) is 43.0 Å². The fourth-order valence-electron chi connectivity index (χ4n) is 2.25. The van der Waals surface area contributed by atoms with E-state index in [2.05, 4.69) is 60.0 Å². The van der Waals surface area contributed by atoms with Gasteiger partial charge in [0.1, 0.15) is 0 Å². The highest BCUT2D eigenvalue weighted by Gasteiger charge is 2.22. The van der Waals surface area contributed by atoms with Gasteiger partial charge in [-0.15, -0.1) is 0 Å².